The lowest BCUT2D eigenvalue weighted by Gasteiger charge is -2.20. The number of carbonyl (C=O) groups excluding carboxylic acids is 3. The van der Waals surface area contributed by atoms with Crippen LogP contribution in [0.25, 0.3) is 0 Å². The number of ether oxygens (including phenoxy) is 1. The number of anilines is 2. The first-order valence-corrected chi connectivity index (χ1v) is 11.8. The Balaban J connectivity index is 1.86. The molecule has 0 aliphatic rings. The third-order valence-electron chi connectivity index (χ3n) is 4.91. The first-order chi connectivity index (χ1) is 17.4. The third-order valence-corrected chi connectivity index (χ3v) is 5.16. The highest BCUT2D eigenvalue weighted by molar-refractivity contribution is 6.30. The van der Waals surface area contributed by atoms with Crippen LogP contribution in [-0.4, -0.2) is 38.1 Å². The molecule has 2 N–H and O–H groups in total. The minimum atomic E-state index is -0.781. The van der Waals surface area contributed by atoms with Crippen molar-refractivity contribution >= 4 is 40.9 Å². The number of ketones is 1. The second-order valence-corrected chi connectivity index (χ2v) is 9.93. The van der Waals surface area contributed by atoms with Gasteiger partial charge in [0.05, 0.1) is 18.3 Å². The van der Waals surface area contributed by atoms with Crippen LogP contribution in [0.15, 0.2) is 42.7 Å². The van der Waals surface area contributed by atoms with Gasteiger partial charge in [0.2, 0.25) is 11.7 Å². The van der Waals surface area contributed by atoms with Gasteiger partial charge in [-0.1, -0.05) is 23.7 Å². The molecule has 0 saturated carbocycles. The Kier molecular flexibility index (Phi) is 8.30. The molecule has 1 aromatic carbocycles. The summed E-state index contributed by atoms with van der Waals surface area (Å²) < 4.78 is 6.66. The number of hydrogen-bond donors (Lipinski definition) is 2. The van der Waals surface area contributed by atoms with Crippen LogP contribution in [0.1, 0.15) is 67.8 Å². The molecule has 37 heavy (non-hydrogen) atoms. The average molecular weight is 523 g/mol. The van der Waals surface area contributed by atoms with Crippen LogP contribution in [0, 0.1) is 11.3 Å². The van der Waals surface area contributed by atoms with Crippen molar-refractivity contribution < 1.29 is 19.1 Å². The predicted octanol–water partition coefficient (Wildman–Crippen LogP) is 5.14. The van der Waals surface area contributed by atoms with Gasteiger partial charge in [0.1, 0.15) is 17.2 Å². The van der Waals surface area contributed by atoms with Crippen LogP contribution < -0.4 is 10.6 Å². The molecule has 0 radical (unpaired) electrons. The molecular formula is C26H27ClN6O4. The summed E-state index contributed by atoms with van der Waals surface area (Å²) >= 11 is 5.88. The first kappa shape index (κ1) is 27.4. The molecule has 2 amide bonds. The largest absolute Gasteiger partial charge is 0.444 e. The quantitative estimate of drug-likeness (QED) is 0.409. The molecule has 2 heterocycles. The Morgan fingerprint density at radius 3 is 2.41 bits per heavy atom. The SMILES string of the molecule is CC(C)n1nc(C(=O)c2cncc(NC(=O)Cc3ccc(Cl)cc3)c2)c(C#N)c1NC(=O)OC(C)(C)C. The van der Waals surface area contributed by atoms with E-state index >= 15 is 0 Å². The molecule has 0 saturated heterocycles. The van der Waals surface area contributed by atoms with Crippen molar-refractivity contribution in [3.05, 3.63) is 70.1 Å². The molecule has 3 aromatic rings. The number of hydrogen-bond acceptors (Lipinski definition) is 7. The van der Waals surface area contributed by atoms with E-state index in [4.69, 9.17) is 16.3 Å². The molecule has 0 aliphatic heterocycles. The summed E-state index contributed by atoms with van der Waals surface area (Å²) in [5.41, 5.74) is 0.152. The monoisotopic (exact) mass is 522 g/mol. The number of carbonyl (C=O) groups is 3. The Bertz CT molecular complexity index is 1370. The van der Waals surface area contributed by atoms with Crippen molar-refractivity contribution in [3.63, 3.8) is 0 Å². The van der Waals surface area contributed by atoms with Crippen LogP contribution in [-0.2, 0) is 16.0 Å². The summed E-state index contributed by atoms with van der Waals surface area (Å²) in [6.07, 6.45) is 2.04. The van der Waals surface area contributed by atoms with Gasteiger partial charge in [0, 0.05) is 22.8 Å². The van der Waals surface area contributed by atoms with Crippen LogP contribution in [0.4, 0.5) is 16.3 Å². The highest BCUT2D eigenvalue weighted by atomic mass is 35.5. The second-order valence-electron chi connectivity index (χ2n) is 9.49. The van der Waals surface area contributed by atoms with Gasteiger partial charge in [0.25, 0.3) is 0 Å². The average Bonchev–Trinajstić information content (AvgIpc) is 3.17. The molecule has 3 rings (SSSR count). The number of benzene rings is 1. The van der Waals surface area contributed by atoms with Gasteiger partial charge in [-0.25, -0.2) is 9.48 Å². The lowest BCUT2D eigenvalue weighted by Crippen LogP contribution is -2.28. The van der Waals surface area contributed by atoms with E-state index in [0.29, 0.717) is 10.7 Å². The molecule has 0 bridgehead atoms. The molecule has 0 atom stereocenters. The van der Waals surface area contributed by atoms with Gasteiger partial charge >= 0.3 is 6.09 Å². The maximum atomic E-state index is 13.4. The highest BCUT2D eigenvalue weighted by Gasteiger charge is 2.28. The maximum Gasteiger partial charge on any atom is 0.413 e. The van der Waals surface area contributed by atoms with Crippen molar-refractivity contribution in [2.75, 3.05) is 10.6 Å². The van der Waals surface area contributed by atoms with Gasteiger partial charge in [-0.15, -0.1) is 0 Å². The summed E-state index contributed by atoms with van der Waals surface area (Å²) in [7, 11) is 0. The number of halogens is 1. The van der Waals surface area contributed by atoms with Crippen molar-refractivity contribution in [2.24, 2.45) is 0 Å². The van der Waals surface area contributed by atoms with E-state index in [9.17, 15) is 19.6 Å². The zero-order chi connectivity index (χ0) is 27.3. The van der Waals surface area contributed by atoms with Gasteiger partial charge in [-0.3, -0.25) is 19.9 Å². The number of pyridine rings is 1. The van der Waals surface area contributed by atoms with Gasteiger partial charge in [-0.2, -0.15) is 10.4 Å². The Labute approximate surface area is 219 Å². The van der Waals surface area contributed by atoms with Crippen LogP contribution >= 0.6 is 11.6 Å². The molecule has 2 aromatic heterocycles. The summed E-state index contributed by atoms with van der Waals surface area (Å²) in [4.78, 5) is 42.3. The van der Waals surface area contributed by atoms with Gasteiger partial charge in [-0.05, 0) is 58.4 Å². The lowest BCUT2D eigenvalue weighted by molar-refractivity contribution is -0.115. The number of nitriles is 1. The number of nitrogens with one attached hydrogen (secondary N) is 2. The molecule has 0 spiro atoms. The lowest BCUT2D eigenvalue weighted by atomic mass is 10.1. The molecule has 0 fully saturated rings. The fraction of sp³-hybridized carbons (Fsp3) is 0.308. The highest BCUT2D eigenvalue weighted by Crippen LogP contribution is 2.26. The first-order valence-electron chi connectivity index (χ1n) is 11.4. The van der Waals surface area contributed by atoms with E-state index in [0.717, 1.165) is 5.56 Å². The van der Waals surface area contributed by atoms with E-state index in [1.165, 1.54) is 23.1 Å². The number of amides is 2. The van der Waals surface area contributed by atoms with Crippen molar-refractivity contribution in [3.8, 4) is 6.07 Å². The van der Waals surface area contributed by atoms with E-state index in [1.54, 1.807) is 58.9 Å². The van der Waals surface area contributed by atoms with Gasteiger partial charge < -0.3 is 10.1 Å². The number of nitrogens with zero attached hydrogens (tertiary/aromatic N) is 4. The molecule has 0 aliphatic carbocycles. The Morgan fingerprint density at radius 1 is 1.14 bits per heavy atom. The van der Waals surface area contributed by atoms with E-state index in [2.05, 4.69) is 20.7 Å². The topological polar surface area (TPSA) is 139 Å². The zero-order valence-electron chi connectivity index (χ0n) is 21.1. The van der Waals surface area contributed by atoms with E-state index in [-0.39, 0.29) is 41.0 Å². The predicted molar refractivity (Wildman–Crippen MR) is 139 cm³/mol. The number of rotatable bonds is 7. The van der Waals surface area contributed by atoms with Crippen LogP contribution in [0.3, 0.4) is 0 Å². The molecule has 10 nitrogen and oxygen atoms in total. The van der Waals surface area contributed by atoms with Crippen LogP contribution in [0.5, 0.6) is 0 Å². The van der Waals surface area contributed by atoms with Crippen LogP contribution in [0.2, 0.25) is 5.02 Å². The van der Waals surface area contributed by atoms with Crippen molar-refractivity contribution in [1.82, 2.24) is 14.8 Å². The molecule has 11 heteroatoms. The zero-order valence-corrected chi connectivity index (χ0v) is 21.9. The minimum absolute atomic E-state index is 0.0514. The third kappa shape index (κ3) is 7.15. The number of aromatic nitrogens is 3. The fourth-order valence-electron chi connectivity index (χ4n) is 3.36. The summed E-state index contributed by atoms with van der Waals surface area (Å²) in [5, 5.41) is 20.0. The second kappa shape index (κ2) is 11.2. The summed E-state index contributed by atoms with van der Waals surface area (Å²) in [6.45, 7) is 8.71. The normalized spacial score (nSPS) is 11.1. The van der Waals surface area contributed by atoms with E-state index < -0.39 is 17.5 Å². The maximum absolute atomic E-state index is 13.4. The van der Waals surface area contributed by atoms with Gasteiger partial charge in [0.15, 0.2) is 11.5 Å². The standard InChI is InChI=1S/C26H27ClN6O4/c1-15(2)33-24(31-25(36)37-26(3,4)5)20(12-28)22(32-33)23(35)17-11-19(14-29-13-17)30-21(34)10-16-6-8-18(27)9-7-16/h6-9,11,13-15H,10H2,1-5H3,(H,30,34)(H,31,36). The molecular weight excluding hydrogens is 496 g/mol. The molecule has 0 unspecified atom stereocenters. The smallest absolute Gasteiger partial charge is 0.413 e. The summed E-state index contributed by atoms with van der Waals surface area (Å²) in [6, 6.07) is 10.0. The van der Waals surface area contributed by atoms with Crippen molar-refractivity contribution in [2.45, 2.75) is 52.7 Å². The Morgan fingerprint density at radius 2 is 1.81 bits per heavy atom. The molecule has 192 valence electrons. The van der Waals surface area contributed by atoms with E-state index in [1.807, 2.05) is 6.07 Å². The summed E-state index contributed by atoms with van der Waals surface area (Å²) in [5.74, 6) is -0.848. The minimum Gasteiger partial charge on any atom is -0.444 e. The fourth-order valence-corrected chi connectivity index (χ4v) is 3.48. The van der Waals surface area contributed by atoms with Crippen molar-refractivity contribution in [1.29, 1.82) is 5.26 Å². The Hall–Kier alpha value is -4.23.